The lowest BCUT2D eigenvalue weighted by Gasteiger charge is -2.22. The summed E-state index contributed by atoms with van der Waals surface area (Å²) in [5.74, 6) is 3.58. The number of hydrogen-bond donors (Lipinski definition) is 1. The number of nitrogens with one attached hydrogen (secondary N) is 1. The van der Waals surface area contributed by atoms with Crippen LogP contribution in [0.1, 0.15) is 31.7 Å². The largest absolute Gasteiger partial charge is 0.494 e. The molecule has 2 nitrogen and oxygen atoms in total. The van der Waals surface area contributed by atoms with E-state index in [4.69, 9.17) is 4.74 Å². The Morgan fingerprint density at radius 1 is 1.44 bits per heavy atom. The topological polar surface area (TPSA) is 21.3 Å². The lowest BCUT2D eigenvalue weighted by Crippen LogP contribution is -2.33. The van der Waals surface area contributed by atoms with E-state index in [0.717, 1.165) is 25.3 Å². The smallest absolute Gasteiger partial charge is 0.119 e. The molecule has 3 heteroatoms. The van der Waals surface area contributed by atoms with Crippen LogP contribution in [0.2, 0.25) is 0 Å². The highest BCUT2D eigenvalue weighted by Gasteiger charge is 2.12. The fourth-order valence-electron chi connectivity index (χ4n) is 2.13. The third-order valence-corrected chi connectivity index (χ3v) is 4.34. The van der Waals surface area contributed by atoms with Crippen molar-refractivity contribution in [2.24, 2.45) is 0 Å². The molecule has 1 aliphatic heterocycles. The standard InChI is InChI=1S/C15H23NOS/c1-2-8-17-15-7-3-5-13(10-15)11-16-14-6-4-9-18-12-14/h3,5,7,10,14,16H,2,4,6,8-9,11-12H2,1H3. The molecule has 0 aliphatic carbocycles. The summed E-state index contributed by atoms with van der Waals surface area (Å²) in [5, 5.41) is 3.64. The van der Waals surface area contributed by atoms with Gasteiger partial charge in [0.15, 0.2) is 0 Å². The van der Waals surface area contributed by atoms with Crippen molar-refractivity contribution in [2.75, 3.05) is 18.1 Å². The SMILES string of the molecule is CCCOc1cccc(CNC2CCCSC2)c1. The summed E-state index contributed by atoms with van der Waals surface area (Å²) in [6, 6.07) is 9.12. The molecule has 0 saturated carbocycles. The van der Waals surface area contributed by atoms with E-state index < -0.39 is 0 Å². The zero-order valence-corrected chi connectivity index (χ0v) is 12.0. The molecule has 1 heterocycles. The second-order valence-corrected chi connectivity index (χ2v) is 5.94. The van der Waals surface area contributed by atoms with Crippen molar-refractivity contribution in [1.82, 2.24) is 5.32 Å². The molecule has 0 bridgehead atoms. The molecular weight excluding hydrogens is 242 g/mol. The van der Waals surface area contributed by atoms with Crippen LogP contribution in [0, 0.1) is 0 Å². The number of rotatable bonds is 6. The van der Waals surface area contributed by atoms with Gasteiger partial charge < -0.3 is 10.1 Å². The molecule has 0 aromatic heterocycles. The maximum absolute atomic E-state index is 5.66. The molecule has 1 aliphatic rings. The lowest BCUT2D eigenvalue weighted by atomic mass is 10.1. The van der Waals surface area contributed by atoms with E-state index in [0.29, 0.717) is 6.04 Å². The summed E-state index contributed by atoms with van der Waals surface area (Å²) < 4.78 is 5.66. The monoisotopic (exact) mass is 265 g/mol. The number of benzene rings is 1. The van der Waals surface area contributed by atoms with Crippen LogP contribution in [0.3, 0.4) is 0 Å². The maximum atomic E-state index is 5.66. The second-order valence-electron chi connectivity index (χ2n) is 4.79. The van der Waals surface area contributed by atoms with E-state index in [-0.39, 0.29) is 0 Å². The van der Waals surface area contributed by atoms with Gasteiger partial charge in [-0.15, -0.1) is 0 Å². The molecule has 1 atom stereocenters. The van der Waals surface area contributed by atoms with Crippen molar-refractivity contribution in [3.8, 4) is 5.75 Å². The van der Waals surface area contributed by atoms with Crippen molar-refractivity contribution in [3.63, 3.8) is 0 Å². The quantitative estimate of drug-likeness (QED) is 0.851. The van der Waals surface area contributed by atoms with E-state index in [1.54, 1.807) is 0 Å². The Kier molecular flexibility index (Phi) is 5.88. The van der Waals surface area contributed by atoms with Crippen LogP contribution in [-0.4, -0.2) is 24.2 Å². The summed E-state index contributed by atoms with van der Waals surface area (Å²) in [5.41, 5.74) is 1.32. The number of ether oxygens (including phenoxy) is 1. The molecule has 0 amide bonds. The van der Waals surface area contributed by atoms with Gasteiger partial charge in [0.05, 0.1) is 6.61 Å². The Labute approximate surface area is 114 Å². The second kappa shape index (κ2) is 7.70. The molecule has 2 rings (SSSR count). The van der Waals surface area contributed by atoms with Gasteiger partial charge in [-0.1, -0.05) is 19.1 Å². The van der Waals surface area contributed by atoms with E-state index in [9.17, 15) is 0 Å². The van der Waals surface area contributed by atoms with Crippen molar-refractivity contribution in [2.45, 2.75) is 38.8 Å². The van der Waals surface area contributed by atoms with Gasteiger partial charge in [-0.3, -0.25) is 0 Å². The summed E-state index contributed by atoms with van der Waals surface area (Å²) in [6.07, 6.45) is 3.72. The predicted molar refractivity (Wildman–Crippen MR) is 79.4 cm³/mol. The Morgan fingerprint density at radius 2 is 2.39 bits per heavy atom. The fraction of sp³-hybridized carbons (Fsp3) is 0.600. The minimum atomic E-state index is 0.684. The van der Waals surface area contributed by atoms with E-state index in [2.05, 4.69) is 42.2 Å². The Hall–Kier alpha value is -0.670. The maximum Gasteiger partial charge on any atom is 0.119 e. The third-order valence-electron chi connectivity index (χ3n) is 3.13. The van der Waals surface area contributed by atoms with E-state index >= 15 is 0 Å². The zero-order valence-electron chi connectivity index (χ0n) is 11.2. The van der Waals surface area contributed by atoms with Gasteiger partial charge >= 0.3 is 0 Å². The summed E-state index contributed by atoms with van der Waals surface area (Å²) >= 11 is 2.07. The summed E-state index contributed by atoms with van der Waals surface area (Å²) in [6.45, 7) is 3.89. The molecule has 1 aromatic rings. The molecule has 100 valence electrons. The van der Waals surface area contributed by atoms with Crippen LogP contribution >= 0.6 is 11.8 Å². The minimum Gasteiger partial charge on any atom is -0.494 e. The average Bonchev–Trinajstić information content (AvgIpc) is 2.44. The molecule has 1 unspecified atom stereocenters. The molecule has 1 aromatic carbocycles. The molecule has 1 saturated heterocycles. The molecule has 1 N–H and O–H groups in total. The van der Waals surface area contributed by atoms with Gasteiger partial charge in [-0.25, -0.2) is 0 Å². The molecule has 0 radical (unpaired) electrons. The van der Waals surface area contributed by atoms with E-state index in [1.807, 2.05) is 6.07 Å². The van der Waals surface area contributed by atoms with Gasteiger partial charge in [-0.05, 0) is 42.7 Å². The van der Waals surface area contributed by atoms with Crippen LogP contribution in [0.25, 0.3) is 0 Å². The van der Waals surface area contributed by atoms with Crippen LogP contribution in [-0.2, 0) is 6.54 Å². The van der Waals surface area contributed by atoms with Crippen molar-refractivity contribution in [3.05, 3.63) is 29.8 Å². The minimum absolute atomic E-state index is 0.684. The predicted octanol–water partition coefficient (Wildman–Crippen LogP) is 3.46. The van der Waals surface area contributed by atoms with E-state index in [1.165, 1.54) is 29.9 Å². The highest BCUT2D eigenvalue weighted by molar-refractivity contribution is 7.99. The normalized spacial score (nSPS) is 19.7. The first kappa shape index (κ1) is 13.8. The first-order valence-electron chi connectivity index (χ1n) is 6.91. The number of hydrogen-bond acceptors (Lipinski definition) is 3. The highest BCUT2D eigenvalue weighted by atomic mass is 32.2. The van der Waals surface area contributed by atoms with Crippen LogP contribution in [0.15, 0.2) is 24.3 Å². The summed E-state index contributed by atoms with van der Waals surface area (Å²) in [7, 11) is 0. The fourth-order valence-corrected chi connectivity index (χ4v) is 3.24. The molecular formula is C15H23NOS. The van der Waals surface area contributed by atoms with Gasteiger partial charge in [0.25, 0.3) is 0 Å². The molecule has 1 fully saturated rings. The first-order valence-corrected chi connectivity index (χ1v) is 8.07. The Morgan fingerprint density at radius 3 is 3.17 bits per heavy atom. The van der Waals surface area contributed by atoms with Crippen molar-refractivity contribution >= 4 is 11.8 Å². The van der Waals surface area contributed by atoms with Crippen LogP contribution in [0.4, 0.5) is 0 Å². The van der Waals surface area contributed by atoms with Crippen molar-refractivity contribution < 1.29 is 4.74 Å². The van der Waals surface area contributed by atoms with Gasteiger partial charge in [0.1, 0.15) is 5.75 Å². The van der Waals surface area contributed by atoms with Crippen LogP contribution < -0.4 is 10.1 Å². The molecule has 18 heavy (non-hydrogen) atoms. The highest BCUT2D eigenvalue weighted by Crippen LogP contribution is 2.18. The van der Waals surface area contributed by atoms with Crippen LogP contribution in [0.5, 0.6) is 5.75 Å². The molecule has 0 spiro atoms. The summed E-state index contributed by atoms with van der Waals surface area (Å²) in [4.78, 5) is 0. The third kappa shape index (κ3) is 4.54. The Bertz CT molecular complexity index is 350. The van der Waals surface area contributed by atoms with Crippen molar-refractivity contribution in [1.29, 1.82) is 0 Å². The first-order chi connectivity index (χ1) is 8.88. The Balaban J connectivity index is 1.80. The zero-order chi connectivity index (χ0) is 12.6. The number of thioether (sulfide) groups is 1. The van der Waals surface area contributed by atoms with Gasteiger partial charge in [0.2, 0.25) is 0 Å². The van der Waals surface area contributed by atoms with Gasteiger partial charge in [0, 0.05) is 18.3 Å². The average molecular weight is 265 g/mol. The van der Waals surface area contributed by atoms with Gasteiger partial charge in [-0.2, -0.15) is 11.8 Å². The lowest BCUT2D eigenvalue weighted by molar-refractivity contribution is 0.317.